The van der Waals surface area contributed by atoms with Crippen molar-refractivity contribution in [3.05, 3.63) is 98.3 Å². The number of benzene rings is 3. The summed E-state index contributed by atoms with van der Waals surface area (Å²) in [5, 5.41) is 2.69. The molecule has 1 heterocycles. The summed E-state index contributed by atoms with van der Waals surface area (Å²) < 4.78 is 6.45. The number of halogens is 2. The molecule has 172 valence electrons. The van der Waals surface area contributed by atoms with Crippen LogP contribution in [0.15, 0.2) is 82.2 Å². The third-order valence-corrected chi connectivity index (χ3v) is 6.53. The number of carbonyl (C=O) groups is 3. The molecular formula is C25H18BrClN2O4S. The monoisotopic (exact) mass is 556 g/mol. The number of nitrogens with zero attached hydrogens (tertiary/aromatic N) is 1. The van der Waals surface area contributed by atoms with Gasteiger partial charge in [0.1, 0.15) is 5.75 Å². The highest BCUT2D eigenvalue weighted by Gasteiger charge is 2.35. The third kappa shape index (κ3) is 6.08. The number of amides is 3. The average molecular weight is 558 g/mol. The molecular weight excluding hydrogens is 540 g/mol. The molecule has 1 fully saturated rings. The Kier molecular flexibility index (Phi) is 7.72. The van der Waals surface area contributed by atoms with Crippen molar-refractivity contribution in [3.63, 3.8) is 0 Å². The van der Waals surface area contributed by atoms with Gasteiger partial charge in [0.15, 0.2) is 6.61 Å². The molecule has 34 heavy (non-hydrogen) atoms. The molecule has 0 unspecified atom stereocenters. The number of hydrogen-bond donors (Lipinski definition) is 1. The Morgan fingerprint density at radius 1 is 1.06 bits per heavy atom. The molecule has 0 bridgehead atoms. The SMILES string of the molecule is O=C(COc1ccc(/C=C2\SC(=O)N(Cc3ccc(Br)cc3)C2=O)cc1Cl)Nc1ccccc1. The first-order valence-corrected chi connectivity index (χ1v) is 12.1. The largest absolute Gasteiger partial charge is 0.482 e. The van der Waals surface area contributed by atoms with Crippen LogP contribution in [-0.2, 0) is 16.1 Å². The van der Waals surface area contributed by atoms with E-state index in [2.05, 4.69) is 21.2 Å². The van der Waals surface area contributed by atoms with Gasteiger partial charge in [-0.1, -0.05) is 63.9 Å². The number of carbonyl (C=O) groups excluding carboxylic acids is 3. The minimum absolute atomic E-state index is 0.202. The summed E-state index contributed by atoms with van der Waals surface area (Å²) >= 11 is 10.6. The van der Waals surface area contributed by atoms with Crippen molar-refractivity contribution in [3.8, 4) is 5.75 Å². The molecule has 1 aliphatic rings. The van der Waals surface area contributed by atoms with Crippen LogP contribution >= 0.6 is 39.3 Å². The van der Waals surface area contributed by atoms with Crippen molar-refractivity contribution in [2.75, 3.05) is 11.9 Å². The summed E-state index contributed by atoms with van der Waals surface area (Å²) in [6, 6.07) is 21.4. The molecule has 3 amide bonds. The van der Waals surface area contributed by atoms with Crippen LogP contribution in [0.3, 0.4) is 0 Å². The van der Waals surface area contributed by atoms with Crippen LogP contribution in [0.5, 0.6) is 5.75 Å². The van der Waals surface area contributed by atoms with Crippen LogP contribution in [0, 0.1) is 0 Å². The fourth-order valence-electron chi connectivity index (χ4n) is 3.15. The Labute approximate surface area is 214 Å². The van der Waals surface area contributed by atoms with Gasteiger partial charge in [0.25, 0.3) is 17.1 Å². The van der Waals surface area contributed by atoms with E-state index < -0.39 is 0 Å². The lowest BCUT2D eigenvalue weighted by Gasteiger charge is -2.12. The molecule has 1 N–H and O–H groups in total. The Balaban J connectivity index is 1.38. The molecule has 1 saturated heterocycles. The van der Waals surface area contributed by atoms with Gasteiger partial charge in [-0.2, -0.15) is 0 Å². The maximum Gasteiger partial charge on any atom is 0.293 e. The molecule has 3 aromatic rings. The highest BCUT2D eigenvalue weighted by molar-refractivity contribution is 9.10. The van der Waals surface area contributed by atoms with E-state index >= 15 is 0 Å². The zero-order chi connectivity index (χ0) is 24.1. The Bertz CT molecular complexity index is 1270. The van der Waals surface area contributed by atoms with E-state index in [9.17, 15) is 14.4 Å². The first-order valence-electron chi connectivity index (χ1n) is 10.2. The third-order valence-electron chi connectivity index (χ3n) is 4.80. The fraction of sp³-hybridized carbons (Fsp3) is 0.0800. The predicted molar refractivity (Wildman–Crippen MR) is 138 cm³/mol. The van der Waals surface area contributed by atoms with Crippen molar-refractivity contribution in [2.24, 2.45) is 0 Å². The molecule has 1 aliphatic heterocycles. The molecule has 9 heteroatoms. The van der Waals surface area contributed by atoms with Gasteiger partial charge in [-0.05, 0) is 65.4 Å². The molecule has 0 aromatic heterocycles. The zero-order valence-corrected chi connectivity index (χ0v) is 20.8. The molecule has 4 rings (SSSR count). The van der Waals surface area contributed by atoms with Gasteiger partial charge in [-0.25, -0.2) is 0 Å². The van der Waals surface area contributed by atoms with Crippen molar-refractivity contribution in [2.45, 2.75) is 6.54 Å². The minimum atomic E-state index is -0.355. The number of hydrogen-bond acceptors (Lipinski definition) is 5. The number of thioether (sulfide) groups is 1. The Hall–Kier alpha value is -3.07. The van der Waals surface area contributed by atoms with Gasteiger partial charge in [-0.3, -0.25) is 19.3 Å². The van der Waals surface area contributed by atoms with Crippen molar-refractivity contribution < 1.29 is 19.1 Å². The van der Waals surface area contributed by atoms with Gasteiger partial charge in [0.05, 0.1) is 16.5 Å². The number of imide groups is 1. The fourth-order valence-corrected chi connectivity index (χ4v) is 4.49. The van der Waals surface area contributed by atoms with Crippen LogP contribution in [0.2, 0.25) is 5.02 Å². The first kappa shape index (κ1) is 24.1. The van der Waals surface area contributed by atoms with Crippen LogP contribution < -0.4 is 10.1 Å². The molecule has 0 aliphatic carbocycles. The molecule has 0 radical (unpaired) electrons. The average Bonchev–Trinajstić information content (AvgIpc) is 3.08. The van der Waals surface area contributed by atoms with Gasteiger partial charge in [0.2, 0.25) is 0 Å². The predicted octanol–water partition coefficient (Wildman–Crippen LogP) is 6.36. The van der Waals surface area contributed by atoms with Crippen LogP contribution in [0.25, 0.3) is 6.08 Å². The smallest absolute Gasteiger partial charge is 0.293 e. The van der Waals surface area contributed by atoms with Gasteiger partial charge in [0, 0.05) is 10.2 Å². The van der Waals surface area contributed by atoms with Crippen molar-refractivity contribution in [1.29, 1.82) is 0 Å². The summed E-state index contributed by atoms with van der Waals surface area (Å²) in [7, 11) is 0. The summed E-state index contributed by atoms with van der Waals surface area (Å²) in [6.45, 7) is -0.00320. The zero-order valence-electron chi connectivity index (χ0n) is 17.7. The first-order chi connectivity index (χ1) is 16.4. The number of para-hydroxylation sites is 1. The highest BCUT2D eigenvalue weighted by atomic mass is 79.9. The number of ether oxygens (including phenoxy) is 1. The lowest BCUT2D eigenvalue weighted by atomic mass is 10.2. The number of nitrogens with one attached hydrogen (secondary N) is 1. The lowest BCUT2D eigenvalue weighted by molar-refractivity contribution is -0.123. The Morgan fingerprint density at radius 3 is 2.50 bits per heavy atom. The van der Waals surface area contributed by atoms with Gasteiger partial charge >= 0.3 is 0 Å². The normalized spacial score (nSPS) is 14.5. The quantitative estimate of drug-likeness (QED) is 0.342. The number of rotatable bonds is 7. The van der Waals surface area contributed by atoms with E-state index in [0.717, 1.165) is 21.8 Å². The van der Waals surface area contributed by atoms with E-state index in [1.165, 1.54) is 4.90 Å². The van der Waals surface area contributed by atoms with Gasteiger partial charge < -0.3 is 10.1 Å². The van der Waals surface area contributed by atoms with Crippen LogP contribution in [0.1, 0.15) is 11.1 Å². The van der Waals surface area contributed by atoms with Crippen LogP contribution in [-0.4, -0.2) is 28.6 Å². The van der Waals surface area contributed by atoms with Gasteiger partial charge in [-0.15, -0.1) is 0 Å². The molecule has 0 atom stereocenters. The maximum atomic E-state index is 12.8. The molecule has 0 saturated carbocycles. The van der Waals surface area contributed by atoms with E-state index in [-0.39, 0.29) is 35.2 Å². The standard InChI is InChI=1S/C25H18BrClN2O4S/c26-18-9-6-16(7-10-18)14-29-24(31)22(34-25(29)32)13-17-8-11-21(20(27)12-17)33-15-23(30)28-19-4-2-1-3-5-19/h1-13H,14-15H2,(H,28,30)/b22-13-. The topological polar surface area (TPSA) is 75.7 Å². The Morgan fingerprint density at radius 2 is 1.79 bits per heavy atom. The molecule has 0 spiro atoms. The lowest BCUT2D eigenvalue weighted by Crippen LogP contribution is -2.27. The highest BCUT2D eigenvalue weighted by Crippen LogP contribution is 2.34. The summed E-state index contributed by atoms with van der Waals surface area (Å²) in [5.74, 6) is -0.330. The van der Waals surface area contributed by atoms with Crippen LogP contribution in [0.4, 0.5) is 10.5 Å². The molecule has 6 nitrogen and oxygen atoms in total. The second kappa shape index (κ2) is 10.9. The summed E-state index contributed by atoms with van der Waals surface area (Å²) in [4.78, 5) is 38.8. The summed E-state index contributed by atoms with van der Waals surface area (Å²) in [6.07, 6.45) is 1.62. The van der Waals surface area contributed by atoms with E-state index in [4.69, 9.17) is 16.3 Å². The minimum Gasteiger partial charge on any atom is -0.482 e. The molecule has 3 aromatic carbocycles. The summed E-state index contributed by atoms with van der Waals surface area (Å²) in [5.41, 5.74) is 2.17. The maximum absolute atomic E-state index is 12.8. The van der Waals surface area contributed by atoms with E-state index in [1.54, 1.807) is 36.4 Å². The van der Waals surface area contributed by atoms with Crippen molar-refractivity contribution in [1.82, 2.24) is 4.90 Å². The van der Waals surface area contributed by atoms with Crippen molar-refractivity contribution >= 4 is 68.1 Å². The number of anilines is 1. The second-order valence-corrected chi connectivity index (χ2v) is 9.60. The van der Waals surface area contributed by atoms with E-state index in [0.29, 0.717) is 21.9 Å². The second-order valence-electron chi connectivity index (χ2n) is 7.29. The van der Waals surface area contributed by atoms with E-state index in [1.807, 2.05) is 42.5 Å².